The van der Waals surface area contributed by atoms with Crippen LogP contribution in [0.15, 0.2) is 24.3 Å². The molecule has 1 fully saturated rings. The van der Waals surface area contributed by atoms with E-state index in [1.54, 1.807) is 24.1 Å². The molecule has 0 unspecified atom stereocenters. The highest BCUT2D eigenvalue weighted by molar-refractivity contribution is 7.91. The third-order valence-corrected chi connectivity index (χ3v) is 6.46. The zero-order chi connectivity index (χ0) is 20.0. The Kier molecular flexibility index (Phi) is 7.24. The zero-order valence-corrected chi connectivity index (χ0v) is 16.9. The fourth-order valence-electron chi connectivity index (χ4n) is 3.40. The van der Waals surface area contributed by atoms with Gasteiger partial charge in [0, 0.05) is 19.5 Å². The number of rotatable bonds is 8. The standard InChI is InChI=1S/C19H28N2O5S/c1-4-10-21(16-9-11-27(24,25)13-16)19(23)12-18(20-14(2)22)15-5-7-17(26-3)8-6-15/h5-8,16,18H,4,9-13H2,1-3H3,(H,20,22)/t16-,18-/m0/s1. The summed E-state index contributed by atoms with van der Waals surface area (Å²) in [6.45, 7) is 3.88. The minimum Gasteiger partial charge on any atom is -0.497 e. The number of sulfone groups is 1. The van der Waals surface area contributed by atoms with Crippen LogP contribution in [0.25, 0.3) is 0 Å². The molecular formula is C19H28N2O5S. The molecule has 7 nitrogen and oxygen atoms in total. The van der Waals surface area contributed by atoms with Gasteiger partial charge in [-0.2, -0.15) is 0 Å². The number of ether oxygens (including phenoxy) is 1. The van der Waals surface area contributed by atoms with E-state index in [1.807, 2.05) is 19.1 Å². The molecule has 0 aliphatic carbocycles. The highest BCUT2D eigenvalue weighted by atomic mass is 32.2. The Morgan fingerprint density at radius 2 is 1.96 bits per heavy atom. The summed E-state index contributed by atoms with van der Waals surface area (Å²) in [4.78, 5) is 26.3. The van der Waals surface area contributed by atoms with Gasteiger partial charge in [0.15, 0.2) is 9.84 Å². The molecule has 1 aliphatic rings. The van der Waals surface area contributed by atoms with E-state index >= 15 is 0 Å². The smallest absolute Gasteiger partial charge is 0.225 e. The Labute approximate surface area is 161 Å². The minimum atomic E-state index is -3.08. The molecule has 0 bridgehead atoms. The molecule has 0 spiro atoms. The summed E-state index contributed by atoms with van der Waals surface area (Å²) in [6.07, 6.45) is 1.31. The van der Waals surface area contributed by atoms with Crippen molar-refractivity contribution in [1.29, 1.82) is 0 Å². The highest BCUT2D eigenvalue weighted by Crippen LogP contribution is 2.24. The molecule has 1 aromatic rings. The summed E-state index contributed by atoms with van der Waals surface area (Å²) < 4.78 is 28.8. The van der Waals surface area contributed by atoms with Crippen molar-refractivity contribution < 1.29 is 22.7 Å². The van der Waals surface area contributed by atoms with Gasteiger partial charge in [0.05, 0.1) is 31.1 Å². The summed E-state index contributed by atoms with van der Waals surface area (Å²) in [6, 6.07) is 6.44. The summed E-state index contributed by atoms with van der Waals surface area (Å²) in [5, 5.41) is 2.82. The number of hydrogen-bond donors (Lipinski definition) is 1. The molecular weight excluding hydrogens is 368 g/mol. The van der Waals surface area contributed by atoms with E-state index < -0.39 is 15.9 Å². The normalized spacial score (nSPS) is 19.3. The van der Waals surface area contributed by atoms with E-state index in [2.05, 4.69) is 5.32 Å². The summed E-state index contributed by atoms with van der Waals surface area (Å²) in [5.41, 5.74) is 0.801. The molecule has 2 rings (SSSR count). The van der Waals surface area contributed by atoms with E-state index in [1.165, 1.54) is 6.92 Å². The van der Waals surface area contributed by atoms with Crippen molar-refractivity contribution in [2.24, 2.45) is 0 Å². The van der Waals surface area contributed by atoms with Crippen LogP contribution in [0.5, 0.6) is 5.75 Å². The van der Waals surface area contributed by atoms with Crippen molar-refractivity contribution in [2.75, 3.05) is 25.2 Å². The maximum atomic E-state index is 13.0. The monoisotopic (exact) mass is 396 g/mol. The van der Waals surface area contributed by atoms with E-state index in [0.717, 1.165) is 12.0 Å². The maximum Gasteiger partial charge on any atom is 0.225 e. The zero-order valence-electron chi connectivity index (χ0n) is 16.1. The van der Waals surface area contributed by atoms with Crippen molar-refractivity contribution in [3.8, 4) is 5.75 Å². The van der Waals surface area contributed by atoms with Crippen LogP contribution in [-0.2, 0) is 19.4 Å². The average molecular weight is 397 g/mol. The fourth-order valence-corrected chi connectivity index (χ4v) is 5.13. The van der Waals surface area contributed by atoms with Gasteiger partial charge < -0.3 is 15.0 Å². The number of methoxy groups -OCH3 is 1. The van der Waals surface area contributed by atoms with Crippen LogP contribution in [0.1, 0.15) is 44.7 Å². The second-order valence-corrected chi connectivity index (χ2v) is 9.10. The largest absolute Gasteiger partial charge is 0.497 e. The first-order chi connectivity index (χ1) is 12.8. The van der Waals surface area contributed by atoms with Crippen LogP contribution >= 0.6 is 0 Å². The van der Waals surface area contributed by atoms with Crippen molar-refractivity contribution in [3.05, 3.63) is 29.8 Å². The average Bonchev–Trinajstić information content (AvgIpc) is 2.98. The number of benzene rings is 1. The van der Waals surface area contributed by atoms with Gasteiger partial charge in [-0.3, -0.25) is 9.59 Å². The molecule has 1 aromatic carbocycles. The first-order valence-electron chi connectivity index (χ1n) is 9.16. The topological polar surface area (TPSA) is 92.8 Å². The molecule has 1 heterocycles. The molecule has 27 heavy (non-hydrogen) atoms. The molecule has 1 saturated heterocycles. The maximum absolute atomic E-state index is 13.0. The van der Waals surface area contributed by atoms with Crippen LogP contribution in [0, 0.1) is 0 Å². The van der Waals surface area contributed by atoms with E-state index in [9.17, 15) is 18.0 Å². The SMILES string of the molecule is CCCN(C(=O)C[C@H](NC(C)=O)c1ccc(OC)cc1)[C@H]1CCS(=O)(=O)C1. The molecule has 0 radical (unpaired) electrons. The molecule has 2 atom stereocenters. The van der Waals surface area contributed by atoms with Crippen molar-refractivity contribution >= 4 is 21.7 Å². The summed E-state index contributed by atoms with van der Waals surface area (Å²) in [5.74, 6) is 0.461. The Hall–Kier alpha value is -2.09. The lowest BCUT2D eigenvalue weighted by atomic mass is 10.0. The van der Waals surface area contributed by atoms with E-state index in [-0.39, 0.29) is 35.8 Å². The molecule has 1 aliphatic heterocycles. The molecule has 0 aromatic heterocycles. The third-order valence-electron chi connectivity index (χ3n) is 4.71. The Balaban J connectivity index is 2.17. The van der Waals surface area contributed by atoms with E-state index in [4.69, 9.17) is 4.74 Å². The number of nitrogens with zero attached hydrogens (tertiary/aromatic N) is 1. The Bertz CT molecular complexity index is 761. The van der Waals surface area contributed by atoms with Crippen LogP contribution in [0.2, 0.25) is 0 Å². The first kappa shape index (κ1) is 21.2. The van der Waals surface area contributed by atoms with Crippen LogP contribution in [0.3, 0.4) is 0 Å². The first-order valence-corrected chi connectivity index (χ1v) is 11.0. The molecule has 8 heteroatoms. The van der Waals surface area contributed by atoms with Gasteiger partial charge >= 0.3 is 0 Å². The summed E-state index contributed by atoms with van der Waals surface area (Å²) >= 11 is 0. The van der Waals surface area contributed by atoms with Gasteiger partial charge in [0.2, 0.25) is 11.8 Å². The Morgan fingerprint density at radius 3 is 2.44 bits per heavy atom. The van der Waals surface area contributed by atoms with Gasteiger partial charge in [0.1, 0.15) is 5.75 Å². The van der Waals surface area contributed by atoms with Crippen LogP contribution in [-0.4, -0.2) is 56.3 Å². The summed E-state index contributed by atoms with van der Waals surface area (Å²) in [7, 11) is -1.51. The lowest BCUT2D eigenvalue weighted by Gasteiger charge is -2.30. The number of carbonyl (C=O) groups excluding carboxylic acids is 2. The predicted molar refractivity (Wildman–Crippen MR) is 103 cm³/mol. The van der Waals surface area contributed by atoms with E-state index in [0.29, 0.717) is 18.7 Å². The minimum absolute atomic E-state index is 0.0199. The van der Waals surface area contributed by atoms with Gasteiger partial charge in [-0.05, 0) is 30.5 Å². The predicted octanol–water partition coefficient (Wildman–Crippen LogP) is 1.69. The second kappa shape index (κ2) is 9.21. The van der Waals surface area contributed by atoms with Gasteiger partial charge in [-0.25, -0.2) is 8.42 Å². The lowest BCUT2D eigenvalue weighted by Crippen LogP contribution is -2.43. The van der Waals surface area contributed by atoms with Crippen molar-refractivity contribution in [2.45, 2.75) is 45.2 Å². The fraction of sp³-hybridized carbons (Fsp3) is 0.579. The number of carbonyl (C=O) groups is 2. The lowest BCUT2D eigenvalue weighted by molar-refractivity contribution is -0.134. The van der Waals surface area contributed by atoms with Crippen LogP contribution in [0.4, 0.5) is 0 Å². The third kappa shape index (κ3) is 5.95. The number of amides is 2. The quantitative estimate of drug-likeness (QED) is 0.722. The highest BCUT2D eigenvalue weighted by Gasteiger charge is 2.35. The molecule has 1 N–H and O–H groups in total. The van der Waals surface area contributed by atoms with Gasteiger partial charge in [0.25, 0.3) is 0 Å². The Morgan fingerprint density at radius 1 is 1.30 bits per heavy atom. The molecule has 150 valence electrons. The van der Waals surface area contributed by atoms with Crippen molar-refractivity contribution in [3.63, 3.8) is 0 Å². The number of hydrogen-bond acceptors (Lipinski definition) is 5. The second-order valence-electron chi connectivity index (χ2n) is 6.87. The number of nitrogens with one attached hydrogen (secondary N) is 1. The van der Waals surface area contributed by atoms with Gasteiger partial charge in [-0.1, -0.05) is 19.1 Å². The van der Waals surface area contributed by atoms with Gasteiger partial charge in [-0.15, -0.1) is 0 Å². The van der Waals surface area contributed by atoms with Crippen molar-refractivity contribution in [1.82, 2.24) is 10.2 Å². The molecule has 2 amide bonds. The van der Waals surface area contributed by atoms with Crippen LogP contribution < -0.4 is 10.1 Å². The molecule has 0 saturated carbocycles.